The molecular weight excluding hydrogens is 273 g/mol. The van der Waals surface area contributed by atoms with Gasteiger partial charge in [-0.05, 0) is 46.5 Å². The first kappa shape index (κ1) is 11.4. The molecule has 2 N–H and O–H groups in total. The molecule has 1 aliphatic rings. The fourth-order valence-corrected chi connectivity index (χ4v) is 2.70. The van der Waals surface area contributed by atoms with Crippen molar-refractivity contribution < 1.29 is 0 Å². The summed E-state index contributed by atoms with van der Waals surface area (Å²) in [6, 6.07) is 6.07. The average Bonchev–Trinajstić information content (AvgIpc) is 2.23. The minimum atomic E-state index is -0.150. The molecule has 1 fully saturated rings. The third kappa shape index (κ3) is 2.38. The van der Waals surface area contributed by atoms with Crippen LogP contribution >= 0.6 is 27.5 Å². The Morgan fingerprint density at radius 2 is 1.87 bits per heavy atom. The van der Waals surface area contributed by atoms with Gasteiger partial charge in [0.1, 0.15) is 0 Å². The predicted octanol–water partition coefficient (Wildman–Crippen LogP) is 4.22. The molecule has 0 aliphatic heterocycles. The number of benzene rings is 1. The summed E-state index contributed by atoms with van der Waals surface area (Å²) >= 11 is 9.49. The van der Waals surface area contributed by atoms with E-state index < -0.39 is 0 Å². The van der Waals surface area contributed by atoms with Crippen LogP contribution in [0.2, 0.25) is 5.02 Å². The van der Waals surface area contributed by atoms with Gasteiger partial charge in [-0.15, -0.1) is 0 Å². The highest BCUT2D eigenvalue weighted by Gasteiger charge is 2.29. The largest absolute Gasteiger partial charge is 0.321 e. The third-order valence-electron chi connectivity index (χ3n) is 3.24. The molecule has 3 heteroatoms. The second-order valence-corrected chi connectivity index (χ2v) is 5.61. The van der Waals surface area contributed by atoms with E-state index in [0.29, 0.717) is 0 Å². The Balaban J connectivity index is 2.31. The van der Waals surface area contributed by atoms with Crippen LogP contribution in [0.4, 0.5) is 0 Å². The van der Waals surface area contributed by atoms with E-state index in [4.69, 9.17) is 17.3 Å². The van der Waals surface area contributed by atoms with E-state index >= 15 is 0 Å². The Labute approximate surface area is 104 Å². The lowest BCUT2D eigenvalue weighted by Gasteiger charge is -2.34. The topological polar surface area (TPSA) is 26.0 Å². The molecule has 82 valence electrons. The van der Waals surface area contributed by atoms with Crippen molar-refractivity contribution in [3.8, 4) is 0 Å². The lowest BCUT2D eigenvalue weighted by Crippen LogP contribution is -2.38. The Hall–Kier alpha value is -0.0500. The number of nitrogens with two attached hydrogens (primary N) is 1. The predicted molar refractivity (Wildman–Crippen MR) is 68.1 cm³/mol. The standard InChI is InChI=1S/C12H15BrClN/c13-10-5-4-9(8-11(10)14)12(15)6-2-1-3-7-12/h4-5,8H,1-3,6-7,15H2. The van der Waals surface area contributed by atoms with Crippen molar-refractivity contribution in [1.29, 1.82) is 0 Å². The number of hydrogen-bond donors (Lipinski definition) is 1. The molecule has 1 saturated carbocycles. The third-order valence-corrected chi connectivity index (χ3v) is 4.47. The van der Waals surface area contributed by atoms with Crippen molar-refractivity contribution in [3.63, 3.8) is 0 Å². The van der Waals surface area contributed by atoms with Crippen LogP contribution in [-0.4, -0.2) is 0 Å². The molecule has 1 aliphatic carbocycles. The first-order valence-electron chi connectivity index (χ1n) is 5.36. The Kier molecular flexibility index (Phi) is 3.39. The molecule has 2 rings (SSSR count). The van der Waals surface area contributed by atoms with Crippen LogP contribution in [0.25, 0.3) is 0 Å². The summed E-state index contributed by atoms with van der Waals surface area (Å²) in [4.78, 5) is 0. The molecular formula is C12H15BrClN. The zero-order valence-corrected chi connectivity index (χ0v) is 10.9. The molecule has 0 saturated heterocycles. The highest BCUT2D eigenvalue weighted by molar-refractivity contribution is 9.10. The highest BCUT2D eigenvalue weighted by atomic mass is 79.9. The highest BCUT2D eigenvalue weighted by Crippen LogP contribution is 2.36. The minimum Gasteiger partial charge on any atom is -0.321 e. The molecule has 1 aromatic carbocycles. The summed E-state index contributed by atoms with van der Waals surface area (Å²) in [6.07, 6.45) is 5.91. The van der Waals surface area contributed by atoms with Gasteiger partial charge >= 0.3 is 0 Å². The first-order chi connectivity index (χ1) is 7.12. The second kappa shape index (κ2) is 4.44. The van der Waals surface area contributed by atoms with Gasteiger partial charge in [-0.1, -0.05) is 36.9 Å². The van der Waals surface area contributed by atoms with E-state index in [1.807, 2.05) is 12.1 Å². The normalized spacial score (nSPS) is 20.2. The zero-order chi connectivity index (χ0) is 10.9. The van der Waals surface area contributed by atoms with Crippen molar-refractivity contribution in [1.82, 2.24) is 0 Å². The fraction of sp³-hybridized carbons (Fsp3) is 0.500. The van der Waals surface area contributed by atoms with Crippen molar-refractivity contribution in [3.05, 3.63) is 33.3 Å². The van der Waals surface area contributed by atoms with E-state index in [1.165, 1.54) is 24.8 Å². The summed E-state index contributed by atoms with van der Waals surface area (Å²) in [5.41, 5.74) is 7.45. The lowest BCUT2D eigenvalue weighted by molar-refractivity contribution is 0.302. The molecule has 0 radical (unpaired) electrons. The Bertz CT molecular complexity index is 359. The summed E-state index contributed by atoms with van der Waals surface area (Å²) < 4.78 is 0.937. The second-order valence-electron chi connectivity index (χ2n) is 4.35. The first-order valence-corrected chi connectivity index (χ1v) is 6.53. The van der Waals surface area contributed by atoms with Crippen LogP contribution < -0.4 is 5.73 Å². The van der Waals surface area contributed by atoms with Crippen LogP contribution in [-0.2, 0) is 5.54 Å². The maximum Gasteiger partial charge on any atom is 0.0551 e. The summed E-state index contributed by atoms with van der Waals surface area (Å²) in [6.45, 7) is 0. The summed E-state index contributed by atoms with van der Waals surface area (Å²) in [5, 5.41) is 0.753. The van der Waals surface area contributed by atoms with Gasteiger partial charge in [0.2, 0.25) is 0 Å². The maximum atomic E-state index is 6.43. The monoisotopic (exact) mass is 287 g/mol. The van der Waals surface area contributed by atoms with Gasteiger partial charge in [-0.2, -0.15) is 0 Å². The van der Waals surface area contributed by atoms with Crippen molar-refractivity contribution in [2.45, 2.75) is 37.6 Å². The molecule has 0 amide bonds. The molecule has 0 aromatic heterocycles. The van der Waals surface area contributed by atoms with Crippen LogP contribution in [0.15, 0.2) is 22.7 Å². The molecule has 1 nitrogen and oxygen atoms in total. The van der Waals surface area contributed by atoms with Gasteiger partial charge in [0, 0.05) is 10.0 Å². The summed E-state index contributed by atoms with van der Waals surface area (Å²) in [7, 11) is 0. The average molecular weight is 289 g/mol. The van der Waals surface area contributed by atoms with Crippen molar-refractivity contribution in [2.24, 2.45) is 5.73 Å². The van der Waals surface area contributed by atoms with Gasteiger partial charge in [0.05, 0.1) is 5.02 Å². The van der Waals surface area contributed by atoms with Gasteiger partial charge < -0.3 is 5.73 Å². The molecule has 15 heavy (non-hydrogen) atoms. The quantitative estimate of drug-likeness (QED) is 0.822. The maximum absolute atomic E-state index is 6.43. The van der Waals surface area contributed by atoms with Crippen molar-refractivity contribution >= 4 is 27.5 Å². The number of halogens is 2. The molecule has 0 bridgehead atoms. The Morgan fingerprint density at radius 1 is 1.20 bits per heavy atom. The summed E-state index contributed by atoms with van der Waals surface area (Å²) in [5.74, 6) is 0. The SMILES string of the molecule is NC1(c2ccc(Br)c(Cl)c2)CCCCC1. The fourth-order valence-electron chi connectivity index (χ4n) is 2.28. The lowest BCUT2D eigenvalue weighted by atomic mass is 9.77. The molecule has 0 spiro atoms. The molecule has 0 unspecified atom stereocenters. The van der Waals surface area contributed by atoms with E-state index in [-0.39, 0.29) is 5.54 Å². The minimum absolute atomic E-state index is 0.150. The van der Waals surface area contributed by atoms with Crippen LogP contribution in [0.1, 0.15) is 37.7 Å². The van der Waals surface area contributed by atoms with Gasteiger partial charge in [0.15, 0.2) is 0 Å². The van der Waals surface area contributed by atoms with Crippen LogP contribution in [0.5, 0.6) is 0 Å². The Morgan fingerprint density at radius 3 is 2.47 bits per heavy atom. The smallest absolute Gasteiger partial charge is 0.0551 e. The number of rotatable bonds is 1. The van der Waals surface area contributed by atoms with Crippen LogP contribution in [0, 0.1) is 0 Å². The number of hydrogen-bond acceptors (Lipinski definition) is 1. The van der Waals surface area contributed by atoms with Crippen molar-refractivity contribution in [2.75, 3.05) is 0 Å². The van der Waals surface area contributed by atoms with E-state index in [2.05, 4.69) is 22.0 Å². The van der Waals surface area contributed by atoms with Gasteiger partial charge in [-0.3, -0.25) is 0 Å². The zero-order valence-electron chi connectivity index (χ0n) is 8.60. The van der Waals surface area contributed by atoms with E-state index in [9.17, 15) is 0 Å². The van der Waals surface area contributed by atoms with E-state index in [1.54, 1.807) is 0 Å². The van der Waals surface area contributed by atoms with Gasteiger partial charge in [0.25, 0.3) is 0 Å². The molecule has 0 heterocycles. The van der Waals surface area contributed by atoms with Crippen LogP contribution in [0.3, 0.4) is 0 Å². The van der Waals surface area contributed by atoms with E-state index in [0.717, 1.165) is 22.3 Å². The van der Waals surface area contributed by atoms with Gasteiger partial charge in [-0.25, -0.2) is 0 Å². The molecule has 0 atom stereocenters. The molecule has 1 aromatic rings.